The van der Waals surface area contributed by atoms with Gasteiger partial charge in [-0.3, -0.25) is 9.48 Å². The van der Waals surface area contributed by atoms with E-state index in [2.05, 4.69) is 21.0 Å². The second-order valence-corrected chi connectivity index (χ2v) is 10.4. The molecule has 0 N–H and O–H groups in total. The zero-order chi connectivity index (χ0) is 23.1. The van der Waals surface area contributed by atoms with E-state index in [0.29, 0.717) is 0 Å². The van der Waals surface area contributed by atoms with Crippen molar-refractivity contribution in [2.24, 2.45) is 0 Å². The van der Waals surface area contributed by atoms with Gasteiger partial charge in [0.25, 0.3) is 0 Å². The van der Waals surface area contributed by atoms with Crippen LogP contribution in [-0.4, -0.2) is 59.5 Å². The zero-order valence-corrected chi connectivity index (χ0v) is 19.9. The van der Waals surface area contributed by atoms with E-state index in [9.17, 15) is 26.4 Å². The highest BCUT2D eigenvalue weighted by molar-refractivity contribution is 9.10. The lowest BCUT2D eigenvalue weighted by Crippen LogP contribution is -2.51. The van der Waals surface area contributed by atoms with Gasteiger partial charge in [-0.25, -0.2) is 8.42 Å². The summed E-state index contributed by atoms with van der Waals surface area (Å²) in [7, 11) is -3.86. The van der Waals surface area contributed by atoms with Gasteiger partial charge in [0, 0.05) is 36.2 Å². The maximum atomic E-state index is 13.0. The standard InChI is InChI=1S/C17H16BrCl2F3N4O3S/c1-10-15(18)16(17(21,22)23)24-27(10)9-14(28)25-2-4-26(5-3-25)31(29,30)13-7-11(19)6-12(20)8-13/h6-8H,2-5,9H2,1H3. The third kappa shape index (κ3) is 5.19. The average molecular weight is 564 g/mol. The molecule has 1 aliphatic rings. The Kier molecular flexibility index (Phi) is 6.97. The number of carbonyl (C=O) groups excluding carboxylic acids is 1. The summed E-state index contributed by atoms with van der Waals surface area (Å²) < 4.78 is 66.6. The van der Waals surface area contributed by atoms with E-state index in [0.717, 1.165) is 4.68 Å². The second-order valence-electron chi connectivity index (χ2n) is 6.79. The molecule has 1 aliphatic heterocycles. The van der Waals surface area contributed by atoms with Crippen LogP contribution >= 0.6 is 39.1 Å². The van der Waals surface area contributed by atoms with Crippen LogP contribution in [0.5, 0.6) is 0 Å². The number of benzene rings is 1. The first-order valence-electron chi connectivity index (χ1n) is 8.85. The van der Waals surface area contributed by atoms with Crippen molar-refractivity contribution in [3.63, 3.8) is 0 Å². The molecule has 1 aromatic heterocycles. The maximum Gasteiger partial charge on any atom is 0.436 e. The molecule has 0 unspecified atom stereocenters. The summed E-state index contributed by atoms with van der Waals surface area (Å²) in [5, 5.41) is 3.85. The van der Waals surface area contributed by atoms with Gasteiger partial charge >= 0.3 is 6.18 Å². The van der Waals surface area contributed by atoms with Crippen molar-refractivity contribution in [2.75, 3.05) is 26.2 Å². The van der Waals surface area contributed by atoms with Gasteiger partial charge in [0.15, 0.2) is 5.69 Å². The van der Waals surface area contributed by atoms with Crippen molar-refractivity contribution >= 4 is 55.1 Å². The lowest BCUT2D eigenvalue weighted by atomic mass is 10.3. The fourth-order valence-corrected chi connectivity index (χ4v) is 5.75. The van der Waals surface area contributed by atoms with Crippen LogP contribution < -0.4 is 0 Å². The predicted octanol–water partition coefficient (Wildman–Crippen LogP) is 3.81. The van der Waals surface area contributed by atoms with Crippen molar-refractivity contribution < 1.29 is 26.4 Å². The lowest BCUT2D eigenvalue weighted by Gasteiger charge is -2.34. The van der Waals surface area contributed by atoms with Crippen LogP contribution in [0.25, 0.3) is 0 Å². The third-order valence-corrected chi connectivity index (χ3v) is 8.01. The summed E-state index contributed by atoms with van der Waals surface area (Å²) in [6.07, 6.45) is -4.65. The first kappa shape index (κ1) is 24.3. The van der Waals surface area contributed by atoms with Crippen LogP contribution in [0.3, 0.4) is 0 Å². The van der Waals surface area contributed by atoms with E-state index in [4.69, 9.17) is 23.2 Å². The number of carbonyl (C=O) groups is 1. The Hall–Kier alpha value is -1.34. The van der Waals surface area contributed by atoms with E-state index in [1.54, 1.807) is 0 Å². The summed E-state index contributed by atoms with van der Waals surface area (Å²) in [6, 6.07) is 3.99. The molecule has 0 atom stereocenters. The number of rotatable bonds is 4. The van der Waals surface area contributed by atoms with E-state index >= 15 is 0 Å². The lowest BCUT2D eigenvalue weighted by molar-refractivity contribution is -0.142. The first-order chi connectivity index (χ1) is 14.3. The van der Waals surface area contributed by atoms with Gasteiger partial charge in [-0.15, -0.1) is 0 Å². The van der Waals surface area contributed by atoms with E-state index < -0.39 is 34.3 Å². The SMILES string of the molecule is Cc1c(Br)c(C(F)(F)F)nn1CC(=O)N1CCN(S(=O)(=O)c2cc(Cl)cc(Cl)c2)CC1. The quantitative estimate of drug-likeness (QED) is 0.567. The van der Waals surface area contributed by atoms with E-state index in [1.807, 2.05) is 0 Å². The van der Waals surface area contributed by atoms with Gasteiger partial charge in [0.2, 0.25) is 15.9 Å². The molecule has 0 radical (unpaired) electrons. The van der Waals surface area contributed by atoms with Gasteiger partial charge in [0.05, 0.1) is 15.1 Å². The Morgan fingerprint density at radius 1 is 1.13 bits per heavy atom. The molecule has 14 heteroatoms. The number of hydrogen-bond donors (Lipinski definition) is 0. The van der Waals surface area contributed by atoms with Crippen molar-refractivity contribution in [1.29, 1.82) is 0 Å². The third-order valence-electron chi connectivity index (χ3n) is 4.75. The molecule has 0 saturated carbocycles. The van der Waals surface area contributed by atoms with Crippen LogP contribution in [-0.2, 0) is 27.5 Å². The average Bonchev–Trinajstić information content (AvgIpc) is 2.96. The summed E-state index contributed by atoms with van der Waals surface area (Å²) in [5.41, 5.74) is -0.936. The summed E-state index contributed by atoms with van der Waals surface area (Å²) in [6.45, 7) is 1.24. The Bertz CT molecular complexity index is 1100. The molecule has 1 fully saturated rings. The number of alkyl halides is 3. The summed E-state index contributed by atoms with van der Waals surface area (Å²) in [5.74, 6) is -0.463. The molecule has 1 saturated heterocycles. The topological polar surface area (TPSA) is 75.5 Å². The van der Waals surface area contributed by atoms with Crippen LogP contribution in [0.4, 0.5) is 13.2 Å². The number of aromatic nitrogens is 2. The van der Waals surface area contributed by atoms with Crippen LogP contribution in [0.2, 0.25) is 10.0 Å². The van der Waals surface area contributed by atoms with Crippen molar-refractivity contribution in [3.05, 3.63) is 44.1 Å². The fourth-order valence-electron chi connectivity index (χ4n) is 3.09. The zero-order valence-electron chi connectivity index (χ0n) is 16.0. The van der Waals surface area contributed by atoms with Crippen LogP contribution in [0.1, 0.15) is 11.4 Å². The molecule has 2 heterocycles. The highest BCUT2D eigenvalue weighted by Crippen LogP contribution is 2.35. The molecule has 2 aromatic rings. The predicted molar refractivity (Wildman–Crippen MR) is 111 cm³/mol. The highest BCUT2D eigenvalue weighted by Gasteiger charge is 2.38. The minimum absolute atomic E-state index is 0.0216. The molecule has 0 bridgehead atoms. The Labute approximate surface area is 194 Å². The first-order valence-corrected chi connectivity index (χ1v) is 11.8. The molecule has 1 aromatic carbocycles. The number of sulfonamides is 1. The minimum Gasteiger partial charge on any atom is -0.338 e. The van der Waals surface area contributed by atoms with E-state index in [-0.39, 0.29) is 51.3 Å². The van der Waals surface area contributed by atoms with Gasteiger partial charge in [-0.05, 0) is 41.1 Å². The molecule has 1 amide bonds. The number of piperazine rings is 1. The fraction of sp³-hybridized carbons (Fsp3) is 0.412. The number of hydrogen-bond acceptors (Lipinski definition) is 4. The minimum atomic E-state index is -4.65. The van der Waals surface area contributed by atoms with E-state index in [1.165, 1.54) is 34.3 Å². The van der Waals surface area contributed by atoms with Crippen LogP contribution in [0, 0.1) is 6.92 Å². The van der Waals surface area contributed by atoms with Gasteiger partial charge < -0.3 is 4.90 Å². The number of amides is 1. The number of halogens is 6. The van der Waals surface area contributed by atoms with Gasteiger partial charge in [0.1, 0.15) is 6.54 Å². The van der Waals surface area contributed by atoms with Crippen molar-refractivity contribution in [1.82, 2.24) is 19.0 Å². The highest BCUT2D eigenvalue weighted by atomic mass is 79.9. The van der Waals surface area contributed by atoms with Gasteiger partial charge in [-0.2, -0.15) is 22.6 Å². The largest absolute Gasteiger partial charge is 0.436 e. The molecule has 31 heavy (non-hydrogen) atoms. The normalized spacial score (nSPS) is 16.0. The van der Waals surface area contributed by atoms with Crippen molar-refractivity contribution in [3.8, 4) is 0 Å². The monoisotopic (exact) mass is 562 g/mol. The molecular formula is C17H16BrCl2F3N4O3S. The Morgan fingerprint density at radius 2 is 1.68 bits per heavy atom. The summed E-state index contributed by atoms with van der Waals surface area (Å²) >= 11 is 14.6. The Balaban J connectivity index is 1.68. The number of nitrogens with zero attached hydrogens (tertiary/aromatic N) is 4. The molecule has 3 rings (SSSR count). The Morgan fingerprint density at radius 3 is 2.16 bits per heavy atom. The second kappa shape index (κ2) is 8.89. The molecule has 0 aliphatic carbocycles. The molecule has 0 spiro atoms. The smallest absolute Gasteiger partial charge is 0.338 e. The molecule has 7 nitrogen and oxygen atoms in total. The maximum absolute atomic E-state index is 13.0. The summed E-state index contributed by atoms with van der Waals surface area (Å²) in [4.78, 5) is 13.9. The van der Waals surface area contributed by atoms with Crippen LogP contribution in [0.15, 0.2) is 27.6 Å². The molecule has 170 valence electrons. The molecular weight excluding hydrogens is 548 g/mol. The van der Waals surface area contributed by atoms with Crippen molar-refractivity contribution in [2.45, 2.75) is 24.5 Å². The van der Waals surface area contributed by atoms with Gasteiger partial charge in [-0.1, -0.05) is 23.2 Å².